The molecule has 0 heterocycles. The Morgan fingerprint density at radius 3 is 2.56 bits per heavy atom. The Balaban J connectivity index is 2.32. The molecule has 102 valence electrons. The summed E-state index contributed by atoms with van der Waals surface area (Å²) >= 11 is 0. The van der Waals surface area contributed by atoms with E-state index in [9.17, 15) is 14.7 Å². The first-order valence-electron chi connectivity index (χ1n) is 5.93. The zero-order valence-electron chi connectivity index (χ0n) is 10.2. The van der Waals surface area contributed by atoms with Crippen LogP contribution in [0.3, 0.4) is 0 Å². The van der Waals surface area contributed by atoms with Crippen LogP contribution in [0.2, 0.25) is 0 Å². The van der Waals surface area contributed by atoms with Crippen molar-refractivity contribution >= 4 is 12.1 Å². The van der Waals surface area contributed by atoms with Crippen molar-refractivity contribution in [2.75, 3.05) is 13.2 Å². The summed E-state index contributed by atoms with van der Waals surface area (Å²) in [5.41, 5.74) is -1.03. The van der Waals surface area contributed by atoms with Crippen LogP contribution in [0.15, 0.2) is 12.7 Å². The minimum atomic E-state index is -1.03. The van der Waals surface area contributed by atoms with Gasteiger partial charge in [0.15, 0.2) is 0 Å². The maximum atomic E-state index is 11.2. The van der Waals surface area contributed by atoms with Gasteiger partial charge in [-0.2, -0.15) is 0 Å². The number of carbonyl (C=O) groups is 2. The number of aliphatic hydroxyl groups is 1. The van der Waals surface area contributed by atoms with E-state index in [0.717, 1.165) is 0 Å². The highest BCUT2D eigenvalue weighted by molar-refractivity contribution is 5.70. The summed E-state index contributed by atoms with van der Waals surface area (Å²) in [5.74, 6) is -1.21. The molecule has 1 fully saturated rings. The Bertz CT molecular complexity index is 320. The lowest BCUT2D eigenvalue weighted by atomic mass is 9.79. The van der Waals surface area contributed by atoms with Gasteiger partial charge in [0.25, 0.3) is 0 Å². The highest BCUT2D eigenvalue weighted by atomic mass is 16.5. The molecule has 18 heavy (non-hydrogen) atoms. The molecular weight excluding hydrogens is 238 g/mol. The highest BCUT2D eigenvalue weighted by Crippen LogP contribution is 2.31. The molecule has 1 aliphatic rings. The zero-order chi connectivity index (χ0) is 13.6. The van der Waals surface area contributed by atoms with Gasteiger partial charge < -0.3 is 20.3 Å². The first-order valence-corrected chi connectivity index (χ1v) is 5.93. The van der Waals surface area contributed by atoms with Gasteiger partial charge in [0.2, 0.25) is 0 Å². The van der Waals surface area contributed by atoms with Gasteiger partial charge in [0.1, 0.15) is 6.61 Å². The molecule has 6 heteroatoms. The second-order valence-corrected chi connectivity index (χ2v) is 4.58. The summed E-state index contributed by atoms with van der Waals surface area (Å²) in [5, 5.41) is 21.5. The molecule has 0 unspecified atom stereocenters. The number of carbonyl (C=O) groups excluding carboxylic acids is 1. The van der Waals surface area contributed by atoms with E-state index < -0.39 is 23.6 Å². The highest BCUT2D eigenvalue weighted by Gasteiger charge is 2.36. The van der Waals surface area contributed by atoms with Crippen molar-refractivity contribution in [1.82, 2.24) is 5.32 Å². The molecule has 3 N–H and O–H groups in total. The fraction of sp³-hybridized carbons (Fsp3) is 0.667. The van der Waals surface area contributed by atoms with E-state index in [1.54, 1.807) is 0 Å². The summed E-state index contributed by atoms with van der Waals surface area (Å²) in [6.45, 7) is 3.61. The Kier molecular flexibility index (Phi) is 5.15. The van der Waals surface area contributed by atoms with E-state index in [4.69, 9.17) is 9.84 Å². The lowest BCUT2D eigenvalue weighted by Crippen LogP contribution is -2.46. The number of hydrogen-bond donors (Lipinski definition) is 3. The maximum Gasteiger partial charge on any atom is 0.407 e. The fourth-order valence-corrected chi connectivity index (χ4v) is 2.00. The SMILES string of the molecule is C=CCOC(=O)NCC1(O)CCC(C(=O)O)CC1. The Labute approximate surface area is 106 Å². The van der Waals surface area contributed by atoms with Crippen LogP contribution < -0.4 is 5.32 Å². The zero-order valence-corrected chi connectivity index (χ0v) is 10.2. The molecular formula is C12H19NO5. The number of aliphatic carboxylic acids is 1. The maximum absolute atomic E-state index is 11.2. The molecule has 1 rings (SSSR count). The topological polar surface area (TPSA) is 95.9 Å². The summed E-state index contributed by atoms with van der Waals surface area (Å²) < 4.78 is 4.71. The van der Waals surface area contributed by atoms with Crippen LogP contribution in [-0.2, 0) is 9.53 Å². The number of ether oxygens (including phenoxy) is 1. The Morgan fingerprint density at radius 2 is 2.06 bits per heavy atom. The van der Waals surface area contributed by atoms with Gasteiger partial charge in [0, 0.05) is 6.54 Å². The summed E-state index contributed by atoms with van der Waals surface area (Å²) in [6.07, 6.45) is 2.43. The van der Waals surface area contributed by atoms with Crippen LogP contribution in [0.5, 0.6) is 0 Å². The summed E-state index contributed by atoms with van der Waals surface area (Å²) in [7, 11) is 0. The van der Waals surface area contributed by atoms with Crippen LogP contribution >= 0.6 is 0 Å². The molecule has 0 aromatic heterocycles. The van der Waals surface area contributed by atoms with E-state index in [1.165, 1.54) is 6.08 Å². The van der Waals surface area contributed by atoms with Gasteiger partial charge in [-0.3, -0.25) is 4.79 Å². The molecule has 1 saturated carbocycles. The van der Waals surface area contributed by atoms with Crippen LogP contribution in [0, 0.1) is 5.92 Å². The third-order valence-electron chi connectivity index (χ3n) is 3.16. The standard InChI is InChI=1S/C12H19NO5/c1-2-7-18-11(16)13-8-12(17)5-3-9(4-6-12)10(14)15/h2,9,17H,1,3-8H2,(H,13,16)(H,14,15). The number of hydrogen-bond acceptors (Lipinski definition) is 4. The number of nitrogens with one attached hydrogen (secondary N) is 1. The monoisotopic (exact) mass is 257 g/mol. The second kappa shape index (κ2) is 6.39. The average molecular weight is 257 g/mol. The van der Waals surface area contributed by atoms with Crippen molar-refractivity contribution in [3.8, 4) is 0 Å². The Hall–Kier alpha value is -1.56. The summed E-state index contributed by atoms with van der Waals surface area (Å²) in [4.78, 5) is 21.9. The molecule has 1 amide bonds. The minimum Gasteiger partial charge on any atom is -0.481 e. The van der Waals surface area contributed by atoms with Crippen molar-refractivity contribution in [3.05, 3.63) is 12.7 Å². The lowest BCUT2D eigenvalue weighted by molar-refractivity contribution is -0.144. The predicted octanol–water partition coefficient (Wildman–Crippen LogP) is 0.904. The molecule has 1 aliphatic carbocycles. The summed E-state index contributed by atoms with van der Waals surface area (Å²) in [6, 6.07) is 0. The molecule has 0 aromatic carbocycles. The van der Waals surface area contributed by atoms with Gasteiger partial charge in [-0.15, -0.1) is 0 Å². The fourth-order valence-electron chi connectivity index (χ4n) is 2.00. The van der Waals surface area contributed by atoms with E-state index in [1.807, 2.05) is 0 Å². The minimum absolute atomic E-state index is 0.0787. The average Bonchev–Trinajstić information content (AvgIpc) is 2.34. The van der Waals surface area contributed by atoms with Crippen LogP contribution in [0.1, 0.15) is 25.7 Å². The van der Waals surface area contributed by atoms with Gasteiger partial charge >= 0.3 is 12.1 Å². The van der Waals surface area contributed by atoms with Crippen molar-refractivity contribution in [3.63, 3.8) is 0 Å². The van der Waals surface area contributed by atoms with Gasteiger partial charge in [-0.05, 0) is 25.7 Å². The number of carboxylic acids is 1. The van der Waals surface area contributed by atoms with Crippen molar-refractivity contribution < 1.29 is 24.5 Å². The number of carboxylic acid groups (broad SMARTS) is 1. The molecule has 0 radical (unpaired) electrons. The van der Waals surface area contributed by atoms with E-state index >= 15 is 0 Å². The van der Waals surface area contributed by atoms with Crippen LogP contribution in [0.4, 0.5) is 4.79 Å². The second-order valence-electron chi connectivity index (χ2n) is 4.58. The third-order valence-corrected chi connectivity index (χ3v) is 3.16. The van der Waals surface area contributed by atoms with Gasteiger partial charge in [-0.25, -0.2) is 4.79 Å². The largest absolute Gasteiger partial charge is 0.481 e. The molecule has 0 aliphatic heterocycles. The van der Waals surface area contributed by atoms with E-state index in [2.05, 4.69) is 11.9 Å². The van der Waals surface area contributed by atoms with Gasteiger partial charge in [-0.1, -0.05) is 12.7 Å². The van der Waals surface area contributed by atoms with Crippen molar-refractivity contribution in [1.29, 1.82) is 0 Å². The molecule has 6 nitrogen and oxygen atoms in total. The first kappa shape index (κ1) is 14.5. The van der Waals surface area contributed by atoms with E-state index in [-0.39, 0.29) is 13.2 Å². The molecule has 0 bridgehead atoms. The molecule has 0 saturated heterocycles. The van der Waals surface area contributed by atoms with Crippen LogP contribution in [-0.4, -0.2) is 41.0 Å². The first-order chi connectivity index (χ1) is 8.47. The van der Waals surface area contributed by atoms with Crippen molar-refractivity contribution in [2.45, 2.75) is 31.3 Å². The number of rotatable bonds is 5. The van der Waals surface area contributed by atoms with Crippen LogP contribution in [0.25, 0.3) is 0 Å². The van der Waals surface area contributed by atoms with Gasteiger partial charge in [0.05, 0.1) is 11.5 Å². The Morgan fingerprint density at radius 1 is 1.44 bits per heavy atom. The molecule has 0 atom stereocenters. The van der Waals surface area contributed by atoms with Crippen molar-refractivity contribution in [2.24, 2.45) is 5.92 Å². The quantitative estimate of drug-likeness (QED) is 0.636. The number of amides is 1. The molecule has 0 aromatic rings. The third kappa shape index (κ3) is 4.37. The van der Waals surface area contributed by atoms with E-state index in [0.29, 0.717) is 25.7 Å². The number of alkyl carbamates (subject to hydrolysis) is 1. The predicted molar refractivity (Wildman–Crippen MR) is 64.1 cm³/mol. The lowest BCUT2D eigenvalue weighted by Gasteiger charge is -2.34. The smallest absolute Gasteiger partial charge is 0.407 e. The normalized spacial score (nSPS) is 27.3. The molecule has 0 spiro atoms.